The molecule has 238 valence electrons. The topological polar surface area (TPSA) is 71.1 Å². The molecular formula is C34H31BrF4O6. The molecule has 0 aliphatic carbocycles. The minimum atomic E-state index is -0.702. The van der Waals surface area contributed by atoms with Crippen LogP contribution in [0.3, 0.4) is 0 Å². The maximum absolute atomic E-state index is 14.0. The summed E-state index contributed by atoms with van der Waals surface area (Å²) in [5, 5.41) is 0. The summed E-state index contributed by atoms with van der Waals surface area (Å²) in [6.07, 6.45) is -0.359. The van der Waals surface area contributed by atoms with Crippen molar-refractivity contribution in [3.05, 3.63) is 106 Å². The smallest absolute Gasteiger partial charge is 0.341 e. The van der Waals surface area contributed by atoms with Crippen molar-refractivity contribution in [1.29, 1.82) is 0 Å². The molecular weight excluding hydrogens is 660 g/mol. The molecule has 0 aliphatic heterocycles. The highest BCUT2D eigenvalue weighted by atomic mass is 79.9. The fourth-order valence-corrected chi connectivity index (χ4v) is 4.69. The third-order valence-corrected chi connectivity index (χ3v) is 6.71. The van der Waals surface area contributed by atoms with Gasteiger partial charge in [0.2, 0.25) is 0 Å². The lowest BCUT2D eigenvalue weighted by Gasteiger charge is -2.16. The zero-order valence-electron chi connectivity index (χ0n) is 25.3. The first-order chi connectivity index (χ1) is 21.2. The number of halogens is 5. The molecule has 0 atom stereocenters. The summed E-state index contributed by atoms with van der Waals surface area (Å²) in [7, 11) is 2.54. The molecule has 0 unspecified atom stereocenters. The van der Waals surface area contributed by atoms with Crippen LogP contribution in [-0.2, 0) is 9.47 Å². The fraction of sp³-hybridized carbons (Fsp3) is 0.235. The molecule has 0 heterocycles. The molecule has 0 N–H and O–H groups in total. The van der Waals surface area contributed by atoms with E-state index in [4.69, 9.17) is 18.9 Å². The Morgan fingerprint density at radius 2 is 1.09 bits per heavy atom. The molecule has 0 aliphatic rings. The van der Waals surface area contributed by atoms with Gasteiger partial charge in [-0.05, 0) is 81.8 Å². The molecule has 0 fully saturated rings. The number of rotatable bonds is 8. The SMILES string of the molecule is COC(=O)c1cc(Br)c(-c2ccc(F)cc2F)cc1OC(C)C.COC(=O)c1ccc(-c2ccc(F)cc2F)cc1OC(C)C. The molecule has 11 heteroatoms. The summed E-state index contributed by atoms with van der Waals surface area (Å²) < 4.78 is 75.2. The summed E-state index contributed by atoms with van der Waals surface area (Å²) in [4.78, 5) is 23.6. The average Bonchev–Trinajstić information content (AvgIpc) is 2.97. The number of methoxy groups -OCH3 is 2. The Balaban J connectivity index is 0.000000246. The molecule has 0 saturated carbocycles. The van der Waals surface area contributed by atoms with Crippen molar-refractivity contribution in [1.82, 2.24) is 0 Å². The molecule has 4 rings (SSSR count). The number of benzene rings is 4. The third-order valence-electron chi connectivity index (χ3n) is 6.05. The number of esters is 2. The lowest BCUT2D eigenvalue weighted by atomic mass is 10.0. The monoisotopic (exact) mass is 690 g/mol. The highest BCUT2D eigenvalue weighted by Gasteiger charge is 2.20. The molecule has 0 saturated heterocycles. The number of carbonyl (C=O) groups is 2. The van der Waals surface area contributed by atoms with Gasteiger partial charge >= 0.3 is 11.9 Å². The Bertz CT molecular complexity index is 1690. The second kappa shape index (κ2) is 15.6. The molecule has 6 nitrogen and oxygen atoms in total. The van der Waals surface area contributed by atoms with Crippen LogP contribution in [0.4, 0.5) is 17.6 Å². The van der Waals surface area contributed by atoms with E-state index < -0.39 is 35.2 Å². The predicted octanol–water partition coefficient (Wildman–Crippen LogP) is 9.17. The van der Waals surface area contributed by atoms with E-state index in [9.17, 15) is 27.2 Å². The summed E-state index contributed by atoms with van der Waals surface area (Å²) in [5.74, 6) is -3.22. The lowest BCUT2D eigenvalue weighted by molar-refractivity contribution is 0.0584. The van der Waals surface area contributed by atoms with E-state index in [1.165, 1.54) is 56.7 Å². The number of hydrogen-bond acceptors (Lipinski definition) is 6. The van der Waals surface area contributed by atoms with Crippen LogP contribution < -0.4 is 9.47 Å². The Morgan fingerprint density at radius 1 is 0.600 bits per heavy atom. The maximum atomic E-state index is 14.0. The van der Waals surface area contributed by atoms with Crippen molar-refractivity contribution in [2.45, 2.75) is 39.9 Å². The van der Waals surface area contributed by atoms with Gasteiger partial charge in [-0.3, -0.25) is 0 Å². The van der Waals surface area contributed by atoms with E-state index in [-0.39, 0.29) is 40.2 Å². The molecule has 4 aromatic carbocycles. The van der Waals surface area contributed by atoms with Crippen LogP contribution in [0.15, 0.2) is 71.2 Å². The van der Waals surface area contributed by atoms with Gasteiger partial charge < -0.3 is 18.9 Å². The van der Waals surface area contributed by atoms with Crippen LogP contribution in [0.1, 0.15) is 48.4 Å². The van der Waals surface area contributed by atoms with Gasteiger partial charge in [0.15, 0.2) is 0 Å². The van der Waals surface area contributed by atoms with Crippen LogP contribution in [0.5, 0.6) is 11.5 Å². The predicted molar refractivity (Wildman–Crippen MR) is 165 cm³/mol. The van der Waals surface area contributed by atoms with Gasteiger partial charge in [0, 0.05) is 33.3 Å². The van der Waals surface area contributed by atoms with E-state index in [1.54, 1.807) is 26.0 Å². The van der Waals surface area contributed by atoms with Crippen molar-refractivity contribution in [2.75, 3.05) is 14.2 Å². The second-order valence-corrected chi connectivity index (χ2v) is 11.0. The van der Waals surface area contributed by atoms with Gasteiger partial charge in [0.1, 0.15) is 45.9 Å². The van der Waals surface area contributed by atoms with Crippen molar-refractivity contribution in [3.8, 4) is 33.8 Å². The van der Waals surface area contributed by atoms with Gasteiger partial charge in [-0.1, -0.05) is 22.0 Å². The lowest BCUT2D eigenvalue weighted by Crippen LogP contribution is -2.11. The zero-order valence-corrected chi connectivity index (χ0v) is 26.9. The molecule has 0 spiro atoms. The molecule has 0 amide bonds. The number of hydrogen-bond donors (Lipinski definition) is 0. The van der Waals surface area contributed by atoms with Crippen LogP contribution >= 0.6 is 15.9 Å². The first kappa shape index (κ1) is 35.1. The van der Waals surface area contributed by atoms with E-state index in [1.807, 2.05) is 13.8 Å². The van der Waals surface area contributed by atoms with Crippen molar-refractivity contribution in [2.24, 2.45) is 0 Å². The third kappa shape index (κ3) is 9.07. The normalized spacial score (nSPS) is 10.7. The standard InChI is InChI=1S/C17H15BrF2O3.C17H16F2O3/c1-9(2)23-16-8-12(11-5-4-10(19)6-15(11)20)14(18)7-13(16)17(21)22-3;1-10(2)22-16-8-11(4-6-14(16)17(20)21-3)13-7-5-12(18)9-15(13)19/h4-9H,1-3H3;4-10H,1-3H3. The van der Waals surface area contributed by atoms with E-state index in [2.05, 4.69) is 15.9 Å². The van der Waals surface area contributed by atoms with Gasteiger partial charge in [0.05, 0.1) is 26.4 Å². The number of carbonyl (C=O) groups excluding carboxylic acids is 2. The van der Waals surface area contributed by atoms with Gasteiger partial charge in [0.25, 0.3) is 0 Å². The van der Waals surface area contributed by atoms with Crippen LogP contribution in [0.25, 0.3) is 22.3 Å². The minimum Gasteiger partial charge on any atom is -0.490 e. The molecule has 0 aromatic heterocycles. The van der Waals surface area contributed by atoms with E-state index in [0.29, 0.717) is 21.3 Å². The summed E-state index contributed by atoms with van der Waals surface area (Å²) in [5.41, 5.74) is 1.84. The quantitative estimate of drug-likeness (QED) is 0.136. The van der Waals surface area contributed by atoms with E-state index in [0.717, 1.165) is 12.1 Å². The van der Waals surface area contributed by atoms with Gasteiger partial charge in [-0.25, -0.2) is 27.2 Å². The Hall–Kier alpha value is -4.38. The Kier molecular flexibility index (Phi) is 12.1. The first-order valence-electron chi connectivity index (χ1n) is 13.6. The Morgan fingerprint density at radius 3 is 1.58 bits per heavy atom. The minimum absolute atomic E-state index is 0.170. The van der Waals surface area contributed by atoms with Crippen LogP contribution in [0, 0.1) is 23.3 Å². The van der Waals surface area contributed by atoms with Crippen molar-refractivity contribution < 1.29 is 46.1 Å². The molecule has 0 bridgehead atoms. The molecule has 0 radical (unpaired) electrons. The second-order valence-electron chi connectivity index (χ2n) is 10.1. The molecule has 45 heavy (non-hydrogen) atoms. The Labute approximate surface area is 267 Å². The maximum Gasteiger partial charge on any atom is 0.341 e. The summed E-state index contributed by atoms with van der Waals surface area (Å²) in [6, 6.07) is 14.3. The zero-order chi connectivity index (χ0) is 33.4. The summed E-state index contributed by atoms with van der Waals surface area (Å²) >= 11 is 3.31. The van der Waals surface area contributed by atoms with Crippen molar-refractivity contribution in [3.63, 3.8) is 0 Å². The highest BCUT2D eigenvalue weighted by molar-refractivity contribution is 9.10. The van der Waals surface area contributed by atoms with Crippen LogP contribution in [0.2, 0.25) is 0 Å². The van der Waals surface area contributed by atoms with Gasteiger partial charge in [-0.15, -0.1) is 0 Å². The molecule has 4 aromatic rings. The van der Waals surface area contributed by atoms with Crippen LogP contribution in [-0.4, -0.2) is 38.4 Å². The first-order valence-corrected chi connectivity index (χ1v) is 14.4. The fourth-order valence-electron chi connectivity index (χ4n) is 4.13. The highest BCUT2D eigenvalue weighted by Crippen LogP contribution is 2.37. The number of ether oxygens (including phenoxy) is 4. The summed E-state index contributed by atoms with van der Waals surface area (Å²) in [6.45, 7) is 7.24. The largest absolute Gasteiger partial charge is 0.490 e. The van der Waals surface area contributed by atoms with Gasteiger partial charge in [-0.2, -0.15) is 0 Å². The van der Waals surface area contributed by atoms with Crippen molar-refractivity contribution >= 4 is 27.9 Å². The van der Waals surface area contributed by atoms with E-state index >= 15 is 0 Å². The average molecular weight is 692 g/mol.